The molecule has 0 aliphatic carbocycles. The predicted octanol–water partition coefficient (Wildman–Crippen LogP) is 5.93. The van der Waals surface area contributed by atoms with Crippen molar-refractivity contribution < 1.29 is 0 Å². The molecule has 0 spiro atoms. The summed E-state index contributed by atoms with van der Waals surface area (Å²) in [6, 6.07) is 0. The van der Waals surface area contributed by atoms with E-state index in [9.17, 15) is 0 Å². The van der Waals surface area contributed by atoms with Crippen molar-refractivity contribution in [3.8, 4) is 0 Å². The minimum absolute atomic E-state index is 0.365. The van der Waals surface area contributed by atoms with Crippen LogP contribution in [0.2, 0.25) is 6.32 Å². The molecule has 0 aromatic rings. The van der Waals surface area contributed by atoms with Crippen LogP contribution in [-0.2, 0) is 0 Å². The highest BCUT2D eigenvalue weighted by Gasteiger charge is 2.25. The zero-order valence-corrected chi connectivity index (χ0v) is 16.2. The zero-order valence-electron chi connectivity index (χ0n) is 16.2. The van der Waals surface area contributed by atoms with Gasteiger partial charge in [-0.2, -0.15) is 0 Å². The van der Waals surface area contributed by atoms with Crippen LogP contribution in [0.1, 0.15) is 47.5 Å². The van der Waals surface area contributed by atoms with Crippen molar-refractivity contribution in [1.82, 2.24) is 4.90 Å². The van der Waals surface area contributed by atoms with Crippen LogP contribution in [0.25, 0.3) is 0 Å². The quantitative estimate of drug-likeness (QED) is 0.525. The van der Waals surface area contributed by atoms with Gasteiger partial charge in [0.05, 0.1) is 0 Å². The highest BCUT2D eigenvalue weighted by atomic mass is 15.1. The van der Waals surface area contributed by atoms with Crippen LogP contribution >= 0.6 is 0 Å². The molecule has 0 bridgehead atoms. The lowest BCUT2D eigenvalue weighted by atomic mass is 9.56. The van der Waals surface area contributed by atoms with Crippen LogP contribution in [0.3, 0.4) is 0 Å². The van der Waals surface area contributed by atoms with Gasteiger partial charge >= 0.3 is 0 Å². The number of fused-ring (bicyclic) bond motifs is 1. The molecule has 0 unspecified atom stereocenters. The van der Waals surface area contributed by atoms with Crippen molar-refractivity contribution in [3.05, 3.63) is 71.7 Å². The van der Waals surface area contributed by atoms with Crippen LogP contribution in [0, 0.1) is 11.3 Å². The Labute approximate surface area is 149 Å². The Kier molecular flexibility index (Phi) is 5.80. The Morgan fingerprint density at radius 2 is 1.96 bits per heavy atom. The molecule has 0 saturated heterocycles. The summed E-state index contributed by atoms with van der Waals surface area (Å²) in [5, 5.41) is 0. The molecule has 2 aliphatic rings. The van der Waals surface area contributed by atoms with E-state index in [1.54, 1.807) is 0 Å². The van der Waals surface area contributed by atoms with Crippen LogP contribution in [-0.4, -0.2) is 12.2 Å². The van der Waals surface area contributed by atoms with Gasteiger partial charge < -0.3 is 4.90 Å². The topological polar surface area (TPSA) is 3.24 Å². The number of hydrogen-bond donors (Lipinski definition) is 0. The minimum atomic E-state index is 0.365. The monoisotopic (exact) mass is 321 g/mol. The molecule has 0 N–H and O–H groups in total. The van der Waals surface area contributed by atoms with Crippen molar-refractivity contribution in [2.24, 2.45) is 11.3 Å². The van der Waals surface area contributed by atoms with Gasteiger partial charge in [-0.1, -0.05) is 78.1 Å². The maximum absolute atomic E-state index is 4.33. The van der Waals surface area contributed by atoms with E-state index in [0.717, 1.165) is 25.8 Å². The van der Waals surface area contributed by atoms with E-state index in [-0.39, 0.29) is 0 Å². The summed E-state index contributed by atoms with van der Waals surface area (Å²) in [7, 11) is 1.10. The van der Waals surface area contributed by atoms with Crippen molar-refractivity contribution in [3.63, 3.8) is 0 Å². The first-order valence-electron chi connectivity index (χ1n) is 9.23. The van der Waals surface area contributed by atoms with Gasteiger partial charge in [0, 0.05) is 23.2 Å². The maximum Gasteiger partial charge on any atom is 0.160 e. The van der Waals surface area contributed by atoms with E-state index in [0.29, 0.717) is 11.3 Å². The Hall–Kier alpha value is -1.70. The van der Waals surface area contributed by atoms with E-state index in [1.807, 2.05) is 0 Å². The number of nitrogens with zero attached hydrogens (tertiary/aromatic N) is 1. The molecule has 2 heterocycles. The number of hydrogen-bond acceptors (Lipinski definition) is 1. The third kappa shape index (κ3) is 4.04. The van der Waals surface area contributed by atoms with Gasteiger partial charge in [0.25, 0.3) is 0 Å². The van der Waals surface area contributed by atoms with Crippen molar-refractivity contribution >= 4 is 7.28 Å². The van der Waals surface area contributed by atoms with Crippen LogP contribution in [0.15, 0.2) is 71.7 Å². The minimum Gasteiger partial charge on any atom is -0.318 e. The van der Waals surface area contributed by atoms with E-state index in [4.69, 9.17) is 0 Å². The largest absolute Gasteiger partial charge is 0.318 e. The molecule has 0 aromatic heterocycles. The second-order valence-electron chi connectivity index (χ2n) is 8.02. The number of allylic oxidation sites excluding steroid dienone is 6. The molecule has 24 heavy (non-hydrogen) atoms. The molecule has 0 amide bonds. The van der Waals surface area contributed by atoms with Gasteiger partial charge in [0.15, 0.2) is 7.28 Å². The molecule has 0 aromatic carbocycles. The molecule has 2 aliphatic heterocycles. The first-order valence-corrected chi connectivity index (χ1v) is 9.23. The smallest absolute Gasteiger partial charge is 0.160 e. The van der Waals surface area contributed by atoms with Crippen LogP contribution < -0.4 is 0 Å². The summed E-state index contributed by atoms with van der Waals surface area (Å²) in [4.78, 5) is 2.23. The summed E-state index contributed by atoms with van der Waals surface area (Å²) in [6.45, 7) is 20.1. The summed E-state index contributed by atoms with van der Waals surface area (Å²) in [5.41, 5.74) is 6.36. The summed E-state index contributed by atoms with van der Waals surface area (Å²) >= 11 is 0. The van der Waals surface area contributed by atoms with Gasteiger partial charge in [0.1, 0.15) is 0 Å². The lowest BCUT2D eigenvalue weighted by molar-refractivity contribution is 0.283. The molecule has 0 atom stereocenters. The molecule has 1 nitrogen and oxygen atoms in total. The Balaban J connectivity index is 2.13. The van der Waals surface area contributed by atoms with Crippen molar-refractivity contribution in [1.29, 1.82) is 0 Å². The predicted molar refractivity (Wildman–Crippen MR) is 109 cm³/mol. The third-order valence-corrected chi connectivity index (χ3v) is 5.62. The van der Waals surface area contributed by atoms with E-state index in [1.165, 1.54) is 28.6 Å². The first-order chi connectivity index (χ1) is 11.3. The second-order valence-corrected chi connectivity index (χ2v) is 8.02. The third-order valence-electron chi connectivity index (χ3n) is 5.62. The average molecular weight is 321 g/mol. The molecule has 2 heteroatoms. The van der Waals surface area contributed by atoms with Crippen molar-refractivity contribution in [2.45, 2.75) is 53.8 Å². The average Bonchev–Trinajstić information content (AvgIpc) is 2.53. The van der Waals surface area contributed by atoms with E-state index in [2.05, 4.69) is 83.2 Å². The normalized spacial score (nSPS) is 17.3. The molecule has 0 radical (unpaired) electrons. The number of rotatable bonds is 7. The Morgan fingerprint density at radius 3 is 2.58 bits per heavy atom. The fourth-order valence-electron chi connectivity index (χ4n) is 2.98. The SMILES string of the molecule is C=C(CCC)C1=CC=C2C=CC(BCC(C)(C)C(C)C)=CN2C1=C. The van der Waals surface area contributed by atoms with Crippen molar-refractivity contribution in [2.75, 3.05) is 0 Å². The van der Waals surface area contributed by atoms with Crippen LogP contribution in [0.4, 0.5) is 0 Å². The standard InChI is InChI=1S/C22H32BN/c1-8-9-17(4)21-13-12-20-11-10-19(14-24(20)18(21)5)23-15-22(6,7)16(2)3/h10-14,16,23H,4-5,8-9,15H2,1-3,6-7H3. The summed E-state index contributed by atoms with van der Waals surface area (Å²) < 4.78 is 0. The van der Waals surface area contributed by atoms with E-state index >= 15 is 0 Å². The van der Waals surface area contributed by atoms with Gasteiger partial charge in [-0.25, -0.2) is 0 Å². The molecular formula is C22H32BN. The van der Waals surface area contributed by atoms with Gasteiger partial charge in [0.2, 0.25) is 0 Å². The lowest BCUT2D eigenvalue weighted by Crippen LogP contribution is -2.25. The molecule has 128 valence electrons. The van der Waals surface area contributed by atoms with Gasteiger partial charge in [-0.3, -0.25) is 0 Å². The molecular weight excluding hydrogens is 289 g/mol. The van der Waals surface area contributed by atoms with E-state index < -0.39 is 0 Å². The molecule has 0 saturated carbocycles. The van der Waals surface area contributed by atoms with Gasteiger partial charge in [-0.15, -0.1) is 0 Å². The fourth-order valence-corrected chi connectivity index (χ4v) is 2.98. The first kappa shape index (κ1) is 18.6. The zero-order chi connectivity index (χ0) is 17.9. The molecule has 0 fully saturated rings. The van der Waals surface area contributed by atoms with Crippen LogP contribution in [0.5, 0.6) is 0 Å². The summed E-state index contributed by atoms with van der Waals surface area (Å²) in [6.07, 6.45) is 14.4. The molecule has 2 rings (SSSR count). The lowest BCUT2D eigenvalue weighted by Gasteiger charge is -2.33. The maximum atomic E-state index is 4.33. The highest BCUT2D eigenvalue weighted by Crippen LogP contribution is 2.35. The highest BCUT2D eigenvalue weighted by molar-refractivity contribution is 6.46. The summed E-state index contributed by atoms with van der Waals surface area (Å²) in [5.74, 6) is 0.693. The fraction of sp³-hybridized carbons (Fsp3) is 0.455. The second kappa shape index (κ2) is 7.46. The van der Waals surface area contributed by atoms with Gasteiger partial charge in [-0.05, 0) is 35.5 Å². The Bertz CT molecular complexity index is 641. The Morgan fingerprint density at radius 1 is 1.25 bits per heavy atom.